The standard InChI is InChI=1S/C18H15ClFN3O5S/c1-2-27-7-6-13-15(21-18(29-13)22-16(24)17(25)26)12-8-11(23-28-12)14-9(19)4-3-5-10(14)20/h3-5,8H,2,6-7H2,1H3,(H,25,26)(H,21,22,24). The summed E-state index contributed by atoms with van der Waals surface area (Å²) in [6, 6.07) is 5.74. The molecule has 152 valence electrons. The van der Waals surface area contributed by atoms with Crippen LogP contribution in [-0.2, 0) is 20.7 Å². The van der Waals surface area contributed by atoms with Gasteiger partial charge in [0, 0.05) is 24.0 Å². The molecule has 0 fully saturated rings. The number of hydrogen-bond donors (Lipinski definition) is 2. The van der Waals surface area contributed by atoms with Gasteiger partial charge < -0.3 is 14.4 Å². The minimum absolute atomic E-state index is 0.0840. The topological polar surface area (TPSA) is 115 Å². The summed E-state index contributed by atoms with van der Waals surface area (Å²) in [5.74, 6) is -3.17. The fourth-order valence-corrected chi connectivity index (χ4v) is 3.68. The van der Waals surface area contributed by atoms with Crippen LogP contribution in [0.25, 0.3) is 22.7 Å². The van der Waals surface area contributed by atoms with Crippen LogP contribution in [0.4, 0.5) is 9.52 Å². The lowest BCUT2D eigenvalue weighted by atomic mass is 10.1. The van der Waals surface area contributed by atoms with Crippen molar-refractivity contribution in [2.24, 2.45) is 0 Å². The van der Waals surface area contributed by atoms with E-state index in [1.807, 2.05) is 6.92 Å². The van der Waals surface area contributed by atoms with E-state index in [-0.39, 0.29) is 27.2 Å². The lowest BCUT2D eigenvalue weighted by Crippen LogP contribution is -2.21. The second-order valence-electron chi connectivity index (χ2n) is 5.67. The van der Waals surface area contributed by atoms with Crippen LogP contribution in [0.2, 0.25) is 5.02 Å². The first-order valence-corrected chi connectivity index (χ1v) is 9.63. The van der Waals surface area contributed by atoms with Crippen molar-refractivity contribution in [1.82, 2.24) is 10.1 Å². The van der Waals surface area contributed by atoms with E-state index in [0.29, 0.717) is 30.2 Å². The zero-order valence-corrected chi connectivity index (χ0v) is 16.6. The normalized spacial score (nSPS) is 10.9. The van der Waals surface area contributed by atoms with Crippen molar-refractivity contribution in [1.29, 1.82) is 0 Å². The van der Waals surface area contributed by atoms with Gasteiger partial charge in [-0.3, -0.25) is 10.1 Å². The van der Waals surface area contributed by atoms with Crippen molar-refractivity contribution in [3.8, 4) is 22.7 Å². The van der Waals surface area contributed by atoms with E-state index in [2.05, 4.69) is 15.5 Å². The largest absolute Gasteiger partial charge is 0.474 e. The second kappa shape index (κ2) is 9.12. The molecule has 0 radical (unpaired) electrons. The number of nitrogens with one attached hydrogen (secondary N) is 1. The van der Waals surface area contributed by atoms with Crippen LogP contribution < -0.4 is 5.32 Å². The smallest absolute Gasteiger partial charge is 0.394 e. The Morgan fingerprint density at radius 3 is 2.90 bits per heavy atom. The van der Waals surface area contributed by atoms with E-state index in [9.17, 15) is 14.0 Å². The van der Waals surface area contributed by atoms with Crippen LogP contribution in [0.3, 0.4) is 0 Å². The summed E-state index contributed by atoms with van der Waals surface area (Å²) in [5.41, 5.74) is 0.624. The van der Waals surface area contributed by atoms with Crippen molar-refractivity contribution in [2.75, 3.05) is 18.5 Å². The summed E-state index contributed by atoms with van der Waals surface area (Å²) in [5, 5.41) is 15.1. The summed E-state index contributed by atoms with van der Waals surface area (Å²) in [7, 11) is 0. The molecule has 0 aliphatic heterocycles. The highest BCUT2D eigenvalue weighted by Gasteiger charge is 2.22. The van der Waals surface area contributed by atoms with Gasteiger partial charge in [-0.05, 0) is 19.1 Å². The van der Waals surface area contributed by atoms with Crippen molar-refractivity contribution in [2.45, 2.75) is 13.3 Å². The second-order valence-corrected chi connectivity index (χ2v) is 7.16. The number of carboxylic acid groups (broad SMARTS) is 1. The summed E-state index contributed by atoms with van der Waals surface area (Å²) in [4.78, 5) is 27.1. The van der Waals surface area contributed by atoms with Gasteiger partial charge in [-0.2, -0.15) is 0 Å². The fourth-order valence-electron chi connectivity index (χ4n) is 2.47. The molecule has 1 aromatic carbocycles. The molecule has 0 aliphatic rings. The van der Waals surface area contributed by atoms with Crippen molar-refractivity contribution in [3.63, 3.8) is 0 Å². The SMILES string of the molecule is CCOCCc1sc(NC(=O)C(=O)O)nc1-c1cc(-c2c(F)cccc2Cl)no1. The maximum atomic E-state index is 14.2. The number of ether oxygens (including phenoxy) is 1. The van der Waals surface area contributed by atoms with E-state index in [1.165, 1.54) is 24.3 Å². The minimum atomic E-state index is -1.63. The first-order valence-electron chi connectivity index (χ1n) is 8.43. The number of rotatable bonds is 7. The number of nitrogens with zero attached hydrogens (tertiary/aromatic N) is 2. The molecule has 11 heteroatoms. The molecule has 2 N–H and O–H groups in total. The highest BCUT2D eigenvalue weighted by molar-refractivity contribution is 7.16. The Morgan fingerprint density at radius 2 is 2.21 bits per heavy atom. The molecule has 0 saturated carbocycles. The first-order chi connectivity index (χ1) is 13.9. The van der Waals surface area contributed by atoms with Gasteiger partial charge in [-0.15, -0.1) is 11.3 Å². The number of amides is 1. The Hall–Kier alpha value is -2.82. The molecule has 0 spiro atoms. The van der Waals surface area contributed by atoms with E-state index in [0.717, 1.165) is 11.3 Å². The van der Waals surface area contributed by atoms with E-state index >= 15 is 0 Å². The predicted molar refractivity (Wildman–Crippen MR) is 104 cm³/mol. The van der Waals surface area contributed by atoms with Crippen molar-refractivity contribution < 1.29 is 28.3 Å². The van der Waals surface area contributed by atoms with E-state index in [4.69, 9.17) is 26.0 Å². The highest BCUT2D eigenvalue weighted by atomic mass is 35.5. The van der Waals surface area contributed by atoms with E-state index in [1.54, 1.807) is 0 Å². The number of hydrogen-bond acceptors (Lipinski definition) is 7. The van der Waals surface area contributed by atoms with Crippen LogP contribution in [0.15, 0.2) is 28.8 Å². The highest BCUT2D eigenvalue weighted by Crippen LogP contribution is 2.36. The average Bonchev–Trinajstić information content (AvgIpc) is 3.29. The van der Waals surface area contributed by atoms with Crippen LogP contribution in [-0.4, -0.2) is 40.3 Å². The molecule has 0 aliphatic carbocycles. The number of halogens is 2. The Morgan fingerprint density at radius 1 is 1.41 bits per heavy atom. The van der Waals surface area contributed by atoms with Gasteiger partial charge in [0.25, 0.3) is 0 Å². The summed E-state index contributed by atoms with van der Waals surface area (Å²) >= 11 is 7.16. The van der Waals surface area contributed by atoms with Crippen molar-refractivity contribution in [3.05, 3.63) is 40.0 Å². The number of carbonyl (C=O) groups excluding carboxylic acids is 1. The van der Waals surface area contributed by atoms with Gasteiger partial charge in [-0.25, -0.2) is 14.2 Å². The molecule has 3 aromatic rings. The molecule has 0 saturated heterocycles. The van der Waals surface area contributed by atoms with Gasteiger partial charge in [0.1, 0.15) is 17.2 Å². The number of aliphatic carboxylic acids is 1. The summed E-state index contributed by atoms with van der Waals surface area (Å²) < 4.78 is 24.8. The predicted octanol–water partition coefficient (Wildman–Crippen LogP) is 3.86. The molecular formula is C18H15ClFN3O5S. The van der Waals surface area contributed by atoms with Crippen molar-refractivity contribution >= 4 is 39.9 Å². The lowest BCUT2D eigenvalue weighted by molar-refractivity contribution is -0.147. The molecule has 2 heterocycles. The third-order valence-electron chi connectivity index (χ3n) is 3.75. The van der Waals surface area contributed by atoms with Crippen LogP contribution in [0.5, 0.6) is 0 Å². The number of thiazole rings is 1. The first kappa shape index (κ1) is 20.9. The molecule has 1 amide bonds. The van der Waals surface area contributed by atoms with Gasteiger partial charge in [-0.1, -0.05) is 22.8 Å². The summed E-state index contributed by atoms with van der Waals surface area (Å²) in [6.07, 6.45) is 0.445. The maximum Gasteiger partial charge on any atom is 0.394 e. The molecule has 8 nitrogen and oxygen atoms in total. The number of benzene rings is 1. The number of aromatic nitrogens is 2. The van der Waals surface area contributed by atoms with Gasteiger partial charge in [0.15, 0.2) is 10.9 Å². The molecular weight excluding hydrogens is 425 g/mol. The molecule has 2 aromatic heterocycles. The summed E-state index contributed by atoms with van der Waals surface area (Å²) in [6.45, 7) is 2.76. The number of carbonyl (C=O) groups is 2. The molecule has 0 unspecified atom stereocenters. The maximum absolute atomic E-state index is 14.2. The number of anilines is 1. The zero-order valence-electron chi connectivity index (χ0n) is 15.1. The Labute approximate surface area is 173 Å². The van der Waals surface area contributed by atoms with Gasteiger partial charge in [0.05, 0.1) is 17.2 Å². The van der Waals surface area contributed by atoms with Crippen LogP contribution in [0, 0.1) is 5.82 Å². The monoisotopic (exact) mass is 439 g/mol. The van der Waals surface area contributed by atoms with Crippen LogP contribution in [0.1, 0.15) is 11.8 Å². The quantitative estimate of drug-likeness (QED) is 0.424. The van der Waals surface area contributed by atoms with E-state index < -0.39 is 17.7 Å². The number of carboxylic acids is 1. The molecule has 3 rings (SSSR count). The van der Waals surface area contributed by atoms with Gasteiger partial charge >= 0.3 is 11.9 Å². The molecule has 0 bridgehead atoms. The third-order valence-corrected chi connectivity index (χ3v) is 5.10. The lowest BCUT2D eigenvalue weighted by Gasteiger charge is -2.00. The Balaban J connectivity index is 1.96. The Bertz CT molecular complexity index is 1030. The third kappa shape index (κ3) is 4.78. The zero-order chi connectivity index (χ0) is 21.0. The average molecular weight is 440 g/mol. The van der Waals surface area contributed by atoms with Crippen LogP contribution >= 0.6 is 22.9 Å². The molecule has 0 atom stereocenters. The minimum Gasteiger partial charge on any atom is -0.474 e. The van der Waals surface area contributed by atoms with Gasteiger partial charge in [0.2, 0.25) is 0 Å². The Kier molecular flexibility index (Phi) is 6.57. The molecule has 29 heavy (non-hydrogen) atoms. The fraction of sp³-hybridized carbons (Fsp3) is 0.222.